The Morgan fingerprint density at radius 1 is 1.14 bits per heavy atom. The number of benzene rings is 2. The molecule has 0 amide bonds. The smallest absolute Gasteiger partial charge is 0.128 e. The Kier molecular flexibility index (Phi) is 3.26. The van der Waals surface area contributed by atoms with Gasteiger partial charge in [0.05, 0.1) is 22.1 Å². The van der Waals surface area contributed by atoms with E-state index in [0.29, 0.717) is 33.5 Å². The van der Waals surface area contributed by atoms with Crippen molar-refractivity contribution in [2.24, 2.45) is 4.99 Å². The monoisotopic (exact) mass is 304 g/mol. The van der Waals surface area contributed by atoms with Gasteiger partial charge < -0.3 is 0 Å². The van der Waals surface area contributed by atoms with Crippen molar-refractivity contribution >= 4 is 34.5 Å². The third-order valence-corrected chi connectivity index (χ3v) is 3.58. The number of amidine groups is 1. The molecule has 106 valence electrons. The molecule has 5 heteroatoms. The van der Waals surface area contributed by atoms with Gasteiger partial charge in [0.15, 0.2) is 0 Å². The quantitative estimate of drug-likeness (QED) is 0.710. The SMILES string of the molecule is C=C1c2c(Cl)cccc2N=C(C)N1c1cc(F)cc(F)c1. The molecule has 2 aromatic carbocycles. The summed E-state index contributed by atoms with van der Waals surface area (Å²) in [5, 5.41) is 0.496. The van der Waals surface area contributed by atoms with Crippen LogP contribution in [0.25, 0.3) is 5.70 Å². The molecule has 0 atom stereocenters. The van der Waals surface area contributed by atoms with E-state index in [1.807, 2.05) is 6.07 Å². The number of fused-ring (bicyclic) bond motifs is 1. The number of halogens is 3. The van der Waals surface area contributed by atoms with Gasteiger partial charge in [-0.25, -0.2) is 13.8 Å². The van der Waals surface area contributed by atoms with Crippen molar-refractivity contribution in [3.8, 4) is 0 Å². The fourth-order valence-corrected chi connectivity index (χ4v) is 2.71. The van der Waals surface area contributed by atoms with E-state index in [2.05, 4.69) is 11.6 Å². The van der Waals surface area contributed by atoms with Crippen LogP contribution in [-0.4, -0.2) is 5.84 Å². The molecule has 1 aliphatic heterocycles. The number of aliphatic imine (C=N–C) groups is 1. The van der Waals surface area contributed by atoms with Crippen LogP contribution in [0.2, 0.25) is 5.02 Å². The van der Waals surface area contributed by atoms with Crippen LogP contribution >= 0.6 is 11.6 Å². The third-order valence-electron chi connectivity index (χ3n) is 3.26. The maximum absolute atomic E-state index is 13.5. The highest BCUT2D eigenvalue weighted by atomic mass is 35.5. The van der Waals surface area contributed by atoms with Gasteiger partial charge in [-0.1, -0.05) is 24.2 Å². The normalized spacial score (nSPS) is 14.0. The van der Waals surface area contributed by atoms with E-state index in [1.54, 1.807) is 24.0 Å². The zero-order chi connectivity index (χ0) is 15.1. The Hall–Kier alpha value is -2.20. The van der Waals surface area contributed by atoms with E-state index in [0.717, 1.165) is 6.07 Å². The van der Waals surface area contributed by atoms with Gasteiger partial charge in [0.25, 0.3) is 0 Å². The minimum atomic E-state index is -0.657. The van der Waals surface area contributed by atoms with E-state index in [-0.39, 0.29) is 0 Å². The van der Waals surface area contributed by atoms with Gasteiger partial charge in [-0.2, -0.15) is 0 Å². The van der Waals surface area contributed by atoms with E-state index in [4.69, 9.17) is 11.6 Å². The predicted molar refractivity (Wildman–Crippen MR) is 82.1 cm³/mol. The molecule has 0 aliphatic carbocycles. The maximum atomic E-state index is 13.5. The largest absolute Gasteiger partial charge is 0.298 e. The second-order valence-electron chi connectivity index (χ2n) is 4.70. The molecule has 0 aromatic heterocycles. The van der Waals surface area contributed by atoms with Gasteiger partial charge in [-0.3, -0.25) is 4.90 Å². The molecule has 0 fully saturated rings. The summed E-state index contributed by atoms with van der Waals surface area (Å²) in [6.07, 6.45) is 0. The van der Waals surface area contributed by atoms with E-state index >= 15 is 0 Å². The zero-order valence-electron chi connectivity index (χ0n) is 11.2. The Labute approximate surface area is 126 Å². The predicted octanol–water partition coefficient (Wildman–Crippen LogP) is 5.16. The number of nitrogens with zero attached hydrogens (tertiary/aromatic N) is 2. The molecule has 0 unspecified atom stereocenters. The lowest BCUT2D eigenvalue weighted by Gasteiger charge is -2.31. The number of anilines is 1. The zero-order valence-corrected chi connectivity index (χ0v) is 12.0. The first-order valence-corrected chi connectivity index (χ1v) is 6.64. The second-order valence-corrected chi connectivity index (χ2v) is 5.11. The first-order chi connectivity index (χ1) is 9.97. The summed E-state index contributed by atoms with van der Waals surface area (Å²) in [7, 11) is 0. The van der Waals surface area contributed by atoms with Gasteiger partial charge in [-0.15, -0.1) is 0 Å². The number of rotatable bonds is 1. The summed E-state index contributed by atoms with van der Waals surface area (Å²) >= 11 is 6.20. The lowest BCUT2D eigenvalue weighted by atomic mass is 10.1. The van der Waals surface area contributed by atoms with Crippen molar-refractivity contribution < 1.29 is 8.78 Å². The lowest BCUT2D eigenvalue weighted by Crippen LogP contribution is -2.29. The Bertz CT molecular complexity index is 764. The van der Waals surface area contributed by atoms with Crippen LogP contribution in [0, 0.1) is 11.6 Å². The maximum Gasteiger partial charge on any atom is 0.128 e. The van der Waals surface area contributed by atoms with E-state index in [1.165, 1.54) is 12.1 Å². The van der Waals surface area contributed by atoms with Crippen LogP contribution in [0.3, 0.4) is 0 Å². The average molecular weight is 305 g/mol. The average Bonchev–Trinajstić information content (AvgIpc) is 2.36. The molecule has 0 saturated heterocycles. The van der Waals surface area contributed by atoms with Crippen molar-refractivity contribution in [3.63, 3.8) is 0 Å². The summed E-state index contributed by atoms with van der Waals surface area (Å²) in [5.41, 5.74) is 2.21. The summed E-state index contributed by atoms with van der Waals surface area (Å²) in [4.78, 5) is 6.01. The van der Waals surface area contributed by atoms with Gasteiger partial charge in [-0.05, 0) is 31.2 Å². The highest BCUT2D eigenvalue weighted by Crippen LogP contribution is 2.40. The molecule has 2 nitrogen and oxygen atoms in total. The molecule has 1 heterocycles. The summed E-state index contributed by atoms with van der Waals surface area (Å²) in [5.74, 6) is -0.745. The van der Waals surface area contributed by atoms with E-state index in [9.17, 15) is 8.78 Å². The molecule has 0 N–H and O–H groups in total. The third kappa shape index (κ3) is 2.32. The van der Waals surface area contributed by atoms with Crippen LogP contribution in [0.1, 0.15) is 12.5 Å². The Morgan fingerprint density at radius 3 is 2.48 bits per heavy atom. The molecule has 0 spiro atoms. The first-order valence-electron chi connectivity index (χ1n) is 6.26. The van der Waals surface area contributed by atoms with E-state index < -0.39 is 11.6 Å². The molecule has 3 rings (SSSR count). The van der Waals surface area contributed by atoms with Crippen molar-refractivity contribution in [2.75, 3.05) is 4.90 Å². The van der Waals surface area contributed by atoms with Gasteiger partial charge in [0.2, 0.25) is 0 Å². The summed E-state index contributed by atoms with van der Waals surface area (Å²) < 4.78 is 26.9. The van der Waals surface area contributed by atoms with Gasteiger partial charge in [0.1, 0.15) is 17.5 Å². The first kappa shape index (κ1) is 13.8. The van der Waals surface area contributed by atoms with Crippen LogP contribution in [-0.2, 0) is 0 Å². The molecule has 0 bridgehead atoms. The van der Waals surface area contributed by atoms with Crippen molar-refractivity contribution in [1.29, 1.82) is 0 Å². The van der Waals surface area contributed by atoms with Crippen LogP contribution in [0.5, 0.6) is 0 Å². The molecule has 21 heavy (non-hydrogen) atoms. The van der Waals surface area contributed by atoms with Crippen LogP contribution in [0.4, 0.5) is 20.2 Å². The van der Waals surface area contributed by atoms with Crippen molar-refractivity contribution in [2.45, 2.75) is 6.92 Å². The molecular formula is C16H11ClF2N2. The molecule has 1 aliphatic rings. The fraction of sp³-hybridized carbons (Fsp3) is 0.0625. The fourth-order valence-electron chi connectivity index (χ4n) is 2.43. The number of hydrogen-bond donors (Lipinski definition) is 0. The lowest BCUT2D eigenvalue weighted by molar-refractivity contribution is 0.584. The molecule has 2 aromatic rings. The molecule has 0 saturated carbocycles. The number of hydrogen-bond acceptors (Lipinski definition) is 2. The summed E-state index contributed by atoms with van der Waals surface area (Å²) in [6.45, 7) is 5.75. The second kappa shape index (κ2) is 4.97. The van der Waals surface area contributed by atoms with Gasteiger partial charge >= 0.3 is 0 Å². The summed E-state index contributed by atoms with van der Waals surface area (Å²) in [6, 6.07) is 8.63. The van der Waals surface area contributed by atoms with Gasteiger partial charge in [0, 0.05) is 11.6 Å². The topological polar surface area (TPSA) is 15.6 Å². The van der Waals surface area contributed by atoms with Crippen molar-refractivity contribution in [3.05, 3.63) is 65.2 Å². The minimum Gasteiger partial charge on any atom is -0.298 e. The Balaban J connectivity index is 2.18. The highest BCUT2D eigenvalue weighted by Gasteiger charge is 2.25. The minimum absolute atomic E-state index is 0.323. The standard InChI is InChI=1S/C16H11ClF2N2/c1-9-16-14(17)4-3-5-15(16)20-10(2)21(9)13-7-11(18)6-12(19)8-13/h3-8H,1H2,2H3. The van der Waals surface area contributed by atoms with Crippen LogP contribution in [0.15, 0.2) is 48.0 Å². The van der Waals surface area contributed by atoms with Crippen molar-refractivity contribution in [1.82, 2.24) is 0 Å². The highest BCUT2D eigenvalue weighted by molar-refractivity contribution is 6.33. The molecule has 0 radical (unpaired) electrons. The van der Waals surface area contributed by atoms with Crippen LogP contribution < -0.4 is 4.90 Å². The Morgan fingerprint density at radius 2 is 1.81 bits per heavy atom. The molecular weight excluding hydrogens is 294 g/mol.